The number of aromatic nitrogens is 1. The van der Waals surface area contributed by atoms with Crippen LogP contribution in [0.4, 0.5) is 0 Å². The molecule has 5 nitrogen and oxygen atoms in total. The van der Waals surface area contributed by atoms with Gasteiger partial charge in [-0.15, -0.1) is 11.3 Å². The van der Waals surface area contributed by atoms with Crippen LogP contribution in [0.2, 0.25) is 0 Å². The van der Waals surface area contributed by atoms with Crippen LogP contribution in [0.1, 0.15) is 10.5 Å². The SMILES string of the molecule is COc1ccc(OCCNC(=O)c2csc(-c3ccsc3)n2)cc1. The Balaban J connectivity index is 1.45. The van der Waals surface area contributed by atoms with Crippen LogP contribution in [0.15, 0.2) is 46.5 Å². The fourth-order valence-electron chi connectivity index (χ4n) is 1.99. The number of hydrogen-bond acceptors (Lipinski definition) is 6. The first kappa shape index (κ1) is 16.5. The van der Waals surface area contributed by atoms with Crippen LogP contribution >= 0.6 is 22.7 Å². The lowest BCUT2D eigenvalue weighted by Gasteiger charge is -2.07. The molecule has 0 radical (unpaired) electrons. The summed E-state index contributed by atoms with van der Waals surface area (Å²) >= 11 is 3.08. The topological polar surface area (TPSA) is 60.5 Å². The lowest BCUT2D eigenvalue weighted by Crippen LogP contribution is -2.28. The molecule has 0 aliphatic heterocycles. The Morgan fingerprint density at radius 2 is 1.96 bits per heavy atom. The third-order valence-corrected chi connectivity index (χ3v) is 4.80. The van der Waals surface area contributed by atoms with Crippen molar-refractivity contribution in [3.8, 4) is 22.1 Å². The molecule has 2 aromatic heterocycles. The fourth-order valence-corrected chi connectivity index (χ4v) is 3.50. The summed E-state index contributed by atoms with van der Waals surface area (Å²) < 4.78 is 10.7. The molecule has 1 N–H and O–H groups in total. The molecule has 0 bridgehead atoms. The monoisotopic (exact) mass is 360 g/mol. The van der Waals surface area contributed by atoms with Crippen LogP contribution in [0, 0.1) is 0 Å². The number of rotatable bonds is 7. The zero-order valence-electron chi connectivity index (χ0n) is 13.0. The Bertz CT molecular complexity index is 783. The minimum absolute atomic E-state index is 0.189. The normalized spacial score (nSPS) is 10.4. The minimum Gasteiger partial charge on any atom is -0.497 e. The minimum atomic E-state index is -0.189. The first-order chi connectivity index (χ1) is 11.8. The van der Waals surface area contributed by atoms with Crippen LogP contribution < -0.4 is 14.8 Å². The third-order valence-electron chi connectivity index (χ3n) is 3.22. The third kappa shape index (κ3) is 4.12. The highest BCUT2D eigenvalue weighted by atomic mass is 32.1. The zero-order valence-corrected chi connectivity index (χ0v) is 14.7. The second kappa shape index (κ2) is 7.94. The van der Waals surface area contributed by atoms with Gasteiger partial charge in [0.15, 0.2) is 0 Å². The Hall–Kier alpha value is -2.38. The molecule has 124 valence electrons. The number of methoxy groups -OCH3 is 1. The number of ether oxygens (including phenoxy) is 2. The number of carbonyl (C=O) groups excluding carboxylic acids is 1. The van der Waals surface area contributed by atoms with Gasteiger partial charge in [-0.05, 0) is 35.7 Å². The van der Waals surface area contributed by atoms with E-state index in [1.165, 1.54) is 11.3 Å². The average Bonchev–Trinajstić information content (AvgIpc) is 3.30. The van der Waals surface area contributed by atoms with Gasteiger partial charge in [-0.25, -0.2) is 4.98 Å². The summed E-state index contributed by atoms with van der Waals surface area (Å²) in [5.74, 6) is 1.32. The Morgan fingerprint density at radius 3 is 2.67 bits per heavy atom. The molecule has 0 saturated carbocycles. The maximum absolute atomic E-state index is 12.1. The first-order valence-electron chi connectivity index (χ1n) is 7.29. The molecular formula is C17H16N2O3S2. The Morgan fingerprint density at radius 1 is 1.17 bits per heavy atom. The summed E-state index contributed by atoms with van der Waals surface area (Å²) in [5.41, 5.74) is 1.48. The number of carbonyl (C=O) groups is 1. The molecule has 0 saturated heterocycles. The predicted octanol–water partition coefficient (Wildman–Crippen LogP) is 3.69. The van der Waals surface area contributed by atoms with E-state index in [4.69, 9.17) is 9.47 Å². The largest absolute Gasteiger partial charge is 0.497 e. The van der Waals surface area contributed by atoms with Crippen molar-refractivity contribution < 1.29 is 14.3 Å². The molecule has 2 heterocycles. The second-order valence-electron chi connectivity index (χ2n) is 4.83. The van der Waals surface area contributed by atoms with E-state index in [0.29, 0.717) is 18.8 Å². The van der Waals surface area contributed by atoms with Gasteiger partial charge < -0.3 is 14.8 Å². The summed E-state index contributed by atoms with van der Waals surface area (Å²) in [4.78, 5) is 16.5. The van der Waals surface area contributed by atoms with Crippen LogP contribution in [0.5, 0.6) is 11.5 Å². The maximum atomic E-state index is 12.1. The van der Waals surface area contributed by atoms with Crippen molar-refractivity contribution in [2.45, 2.75) is 0 Å². The molecule has 0 atom stereocenters. The van der Waals surface area contributed by atoms with Crippen LogP contribution in [0.3, 0.4) is 0 Å². The Kier molecular flexibility index (Phi) is 5.45. The number of nitrogens with zero attached hydrogens (tertiary/aromatic N) is 1. The molecule has 0 spiro atoms. The van der Waals surface area contributed by atoms with Crippen LogP contribution in [-0.4, -0.2) is 31.2 Å². The highest BCUT2D eigenvalue weighted by Gasteiger charge is 2.11. The summed E-state index contributed by atoms with van der Waals surface area (Å²) in [5, 5.41) is 9.45. The predicted molar refractivity (Wildman–Crippen MR) is 96.2 cm³/mol. The van der Waals surface area contributed by atoms with Crippen molar-refractivity contribution >= 4 is 28.6 Å². The average molecular weight is 360 g/mol. The van der Waals surface area contributed by atoms with Crippen LogP contribution in [-0.2, 0) is 0 Å². The van der Waals surface area contributed by atoms with Crippen molar-refractivity contribution in [3.63, 3.8) is 0 Å². The lowest BCUT2D eigenvalue weighted by atomic mass is 10.3. The van der Waals surface area contributed by atoms with E-state index in [1.54, 1.807) is 23.8 Å². The highest BCUT2D eigenvalue weighted by Crippen LogP contribution is 2.25. The van der Waals surface area contributed by atoms with E-state index in [9.17, 15) is 4.79 Å². The summed E-state index contributed by atoms with van der Waals surface area (Å²) in [7, 11) is 1.62. The Labute approximate surface area is 147 Å². The number of amides is 1. The number of thiazole rings is 1. The van der Waals surface area contributed by atoms with Gasteiger partial charge in [0.05, 0.1) is 13.7 Å². The fraction of sp³-hybridized carbons (Fsp3) is 0.176. The number of benzene rings is 1. The summed E-state index contributed by atoms with van der Waals surface area (Å²) in [6.45, 7) is 0.801. The standard InChI is InChI=1S/C17H16N2O3S2/c1-21-13-2-4-14(5-3-13)22-8-7-18-16(20)15-11-24-17(19-15)12-6-9-23-10-12/h2-6,9-11H,7-8H2,1H3,(H,18,20). The molecule has 0 unspecified atom stereocenters. The van der Waals surface area contributed by atoms with Gasteiger partial charge in [0.2, 0.25) is 0 Å². The molecule has 3 rings (SSSR count). The van der Waals surface area contributed by atoms with E-state index >= 15 is 0 Å². The second-order valence-corrected chi connectivity index (χ2v) is 6.47. The maximum Gasteiger partial charge on any atom is 0.270 e. The molecule has 24 heavy (non-hydrogen) atoms. The number of nitrogens with one attached hydrogen (secondary N) is 1. The smallest absolute Gasteiger partial charge is 0.270 e. The zero-order chi connectivity index (χ0) is 16.8. The van der Waals surface area contributed by atoms with Crippen molar-refractivity contribution in [1.29, 1.82) is 0 Å². The molecular weight excluding hydrogens is 344 g/mol. The molecule has 7 heteroatoms. The molecule has 0 fully saturated rings. The summed E-state index contributed by atoms with van der Waals surface area (Å²) in [6, 6.07) is 9.31. The van der Waals surface area contributed by atoms with E-state index in [0.717, 1.165) is 22.1 Å². The van der Waals surface area contributed by atoms with Crippen molar-refractivity contribution in [1.82, 2.24) is 10.3 Å². The molecule has 1 aromatic carbocycles. The number of hydrogen-bond donors (Lipinski definition) is 1. The molecule has 1 amide bonds. The van der Waals surface area contributed by atoms with E-state index in [1.807, 2.05) is 41.1 Å². The van der Waals surface area contributed by atoms with Crippen molar-refractivity contribution in [3.05, 3.63) is 52.2 Å². The molecule has 0 aliphatic carbocycles. The lowest BCUT2D eigenvalue weighted by molar-refractivity contribution is 0.0943. The van der Waals surface area contributed by atoms with E-state index in [-0.39, 0.29) is 5.91 Å². The molecule has 3 aromatic rings. The van der Waals surface area contributed by atoms with Crippen LogP contribution in [0.25, 0.3) is 10.6 Å². The van der Waals surface area contributed by atoms with Gasteiger partial charge in [0, 0.05) is 16.3 Å². The van der Waals surface area contributed by atoms with Crippen molar-refractivity contribution in [2.75, 3.05) is 20.3 Å². The van der Waals surface area contributed by atoms with Gasteiger partial charge in [-0.3, -0.25) is 4.79 Å². The first-order valence-corrected chi connectivity index (χ1v) is 9.11. The van der Waals surface area contributed by atoms with Gasteiger partial charge in [0.1, 0.15) is 28.8 Å². The van der Waals surface area contributed by atoms with Crippen molar-refractivity contribution in [2.24, 2.45) is 0 Å². The van der Waals surface area contributed by atoms with Gasteiger partial charge in [0.25, 0.3) is 5.91 Å². The number of thiophene rings is 1. The quantitative estimate of drug-likeness (QED) is 0.653. The van der Waals surface area contributed by atoms with Gasteiger partial charge in [-0.1, -0.05) is 0 Å². The molecule has 0 aliphatic rings. The van der Waals surface area contributed by atoms with E-state index < -0.39 is 0 Å². The van der Waals surface area contributed by atoms with Gasteiger partial charge in [-0.2, -0.15) is 11.3 Å². The van der Waals surface area contributed by atoms with Gasteiger partial charge >= 0.3 is 0 Å². The highest BCUT2D eigenvalue weighted by molar-refractivity contribution is 7.14. The summed E-state index contributed by atoms with van der Waals surface area (Å²) in [6.07, 6.45) is 0. The van der Waals surface area contributed by atoms with E-state index in [2.05, 4.69) is 10.3 Å².